The number of nitrogens with zero attached hydrogens (tertiary/aromatic N) is 2. The van der Waals surface area contributed by atoms with E-state index >= 15 is 0 Å². The van der Waals surface area contributed by atoms with E-state index < -0.39 is 0 Å². The van der Waals surface area contributed by atoms with Gasteiger partial charge in [0.25, 0.3) is 0 Å². The molecule has 0 radical (unpaired) electrons. The average Bonchev–Trinajstić information content (AvgIpc) is 2.07. The Bertz CT molecular complexity index is 147. The van der Waals surface area contributed by atoms with Crippen LogP contribution in [0.2, 0.25) is 0 Å². The molecule has 3 heteroatoms. The molecule has 0 aliphatic carbocycles. The summed E-state index contributed by atoms with van der Waals surface area (Å²) in [6.45, 7) is 4.46. The van der Waals surface area contributed by atoms with Gasteiger partial charge in [0, 0.05) is 30.6 Å². The predicted octanol–water partition coefficient (Wildman–Crippen LogP) is 1.34. The van der Waals surface area contributed by atoms with Crippen molar-refractivity contribution >= 4 is 11.8 Å². The molecular formula is C8H14N2S. The molecule has 1 fully saturated rings. The third-order valence-corrected chi connectivity index (χ3v) is 3.00. The van der Waals surface area contributed by atoms with Crippen LogP contribution < -0.4 is 0 Å². The Morgan fingerprint density at radius 3 is 2.73 bits per heavy atom. The van der Waals surface area contributed by atoms with Gasteiger partial charge in [0.05, 0.1) is 12.5 Å². The van der Waals surface area contributed by atoms with Crippen LogP contribution in [0.15, 0.2) is 0 Å². The lowest BCUT2D eigenvalue weighted by Gasteiger charge is -2.30. The molecule has 1 aliphatic heterocycles. The van der Waals surface area contributed by atoms with E-state index in [2.05, 4.69) is 17.9 Å². The molecule has 62 valence electrons. The lowest BCUT2D eigenvalue weighted by atomic mass is 10.2. The molecule has 0 saturated carbocycles. The van der Waals surface area contributed by atoms with Crippen molar-refractivity contribution in [3.05, 3.63) is 0 Å². The Morgan fingerprint density at radius 1 is 1.55 bits per heavy atom. The zero-order valence-electron chi connectivity index (χ0n) is 6.92. The van der Waals surface area contributed by atoms with Crippen molar-refractivity contribution in [1.82, 2.24) is 4.90 Å². The van der Waals surface area contributed by atoms with E-state index in [9.17, 15) is 0 Å². The van der Waals surface area contributed by atoms with Crippen molar-refractivity contribution < 1.29 is 0 Å². The van der Waals surface area contributed by atoms with Crippen molar-refractivity contribution in [2.45, 2.75) is 19.4 Å². The van der Waals surface area contributed by atoms with Gasteiger partial charge >= 0.3 is 0 Å². The zero-order chi connectivity index (χ0) is 8.10. The summed E-state index contributed by atoms with van der Waals surface area (Å²) in [6.07, 6.45) is 0.671. The first-order chi connectivity index (χ1) is 5.34. The van der Waals surface area contributed by atoms with Crippen molar-refractivity contribution in [2.75, 3.05) is 24.6 Å². The Labute approximate surface area is 72.6 Å². The minimum atomic E-state index is 0.459. The quantitative estimate of drug-likeness (QED) is 0.625. The van der Waals surface area contributed by atoms with E-state index in [1.165, 1.54) is 11.5 Å². The summed E-state index contributed by atoms with van der Waals surface area (Å²) >= 11 is 2.01. The Hall–Kier alpha value is -0.200. The number of hydrogen-bond donors (Lipinski definition) is 0. The fourth-order valence-corrected chi connectivity index (χ4v) is 2.21. The smallest absolute Gasteiger partial charge is 0.0638 e. The van der Waals surface area contributed by atoms with Gasteiger partial charge in [-0.1, -0.05) is 0 Å². The third-order valence-electron chi connectivity index (χ3n) is 2.06. The molecule has 0 aromatic heterocycles. The maximum Gasteiger partial charge on any atom is 0.0638 e. The first kappa shape index (κ1) is 8.89. The molecule has 1 atom stereocenters. The summed E-state index contributed by atoms with van der Waals surface area (Å²) in [7, 11) is 0. The fraction of sp³-hybridized carbons (Fsp3) is 0.875. The van der Waals surface area contributed by atoms with Crippen LogP contribution in [0.5, 0.6) is 0 Å². The van der Waals surface area contributed by atoms with Gasteiger partial charge in [-0.25, -0.2) is 0 Å². The lowest BCUT2D eigenvalue weighted by molar-refractivity contribution is 0.233. The highest BCUT2D eigenvalue weighted by Gasteiger charge is 2.15. The van der Waals surface area contributed by atoms with Crippen LogP contribution in [-0.4, -0.2) is 35.5 Å². The van der Waals surface area contributed by atoms with Gasteiger partial charge in [0.2, 0.25) is 0 Å². The fourth-order valence-electron chi connectivity index (χ4n) is 1.28. The molecule has 2 nitrogen and oxygen atoms in total. The Balaban J connectivity index is 2.27. The standard InChI is InChI=1S/C8H14N2S/c1-8(2-3-9)10-4-6-11-7-5-10/h8H,2,4-7H2,1H3. The first-order valence-corrected chi connectivity index (χ1v) is 5.19. The van der Waals surface area contributed by atoms with E-state index in [0.29, 0.717) is 12.5 Å². The predicted molar refractivity (Wildman–Crippen MR) is 48.6 cm³/mol. The second-order valence-electron chi connectivity index (χ2n) is 2.86. The van der Waals surface area contributed by atoms with Gasteiger partial charge in [-0.3, -0.25) is 4.90 Å². The van der Waals surface area contributed by atoms with Crippen LogP contribution in [0.1, 0.15) is 13.3 Å². The maximum atomic E-state index is 8.49. The largest absolute Gasteiger partial charge is 0.298 e. The summed E-state index contributed by atoms with van der Waals surface area (Å²) in [5.74, 6) is 2.46. The molecule has 1 unspecified atom stereocenters. The molecule has 1 aliphatic rings. The molecular weight excluding hydrogens is 156 g/mol. The molecule has 0 aromatic carbocycles. The highest BCUT2D eigenvalue weighted by molar-refractivity contribution is 7.99. The third kappa shape index (κ3) is 2.72. The molecule has 1 saturated heterocycles. The molecule has 0 N–H and O–H groups in total. The average molecular weight is 170 g/mol. The normalized spacial score (nSPS) is 22.5. The van der Waals surface area contributed by atoms with Gasteiger partial charge in [-0.15, -0.1) is 0 Å². The van der Waals surface area contributed by atoms with Gasteiger partial charge < -0.3 is 0 Å². The van der Waals surface area contributed by atoms with Crippen molar-refractivity contribution in [3.63, 3.8) is 0 Å². The van der Waals surface area contributed by atoms with Gasteiger partial charge in [-0.2, -0.15) is 17.0 Å². The second kappa shape index (κ2) is 4.63. The topological polar surface area (TPSA) is 27.0 Å². The Kier molecular flexibility index (Phi) is 3.74. The van der Waals surface area contributed by atoms with Crippen molar-refractivity contribution in [1.29, 1.82) is 5.26 Å². The molecule has 1 rings (SSSR count). The van der Waals surface area contributed by atoms with E-state index in [4.69, 9.17) is 5.26 Å². The molecule has 0 bridgehead atoms. The van der Waals surface area contributed by atoms with E-state index in [0.717, 1.165) is 13.1 Å². The first-order valence-electron chi connectivity index (χ1n) is 4.03. The molecule has 11 heavy (non-hydrogen) atoms. The minimum Gasteiger partial charge on any atom is -0.298 e. The summed E-state index contributed by atoms with van der Waals surface area (Å²) in [5, 5.41) is 8.49. The SMILES string of the molecule is CC(CC#N)N1CCSCC1. The number of rotatable bonds is 2. The van der Waals surface area contributed by atoms with Crippen LogP contribution in [-0.2, 0) is 0 Å². The van der Waals surface area contributed by atoms with E-state index in [1.807, 2.05) is 11.8 Å². The summed E-state index contributed by atoms with van der Waals surface area (Å²) in [5.41, 5.74) is 0. The molecule has 0 amide bonds. The van der Waals surface area contributed by atoms with Crippen molar-refractivity contribution in [3.8, 4) is 6.07 Å². The zero-order valence-corrected chi connectivity index (χ0v) is 7.73. The monoisotopic (exact) mass is 170 g/mol. The van der Waals surface area contributed by atoms with Crippen LogP contribution in [0.3, 0.4) is 0 Å². The summed E-state index contributed by atoms with van der Waals surface area (Å²) in [4.78, 5) is 2.40. The van der Waals surface area contributed by atoms with Crippen LogP contribution >= 0.6 is 11.8 Å². The number of hydrogen-bond acceptors (Lipinski definition) is 3. The van der Waals surface area contributed by atoms with Gasteiger partial charge in [0.1, 0.15) is 0 Å². The highest BCUT2D eigenvalue weighted by Crippen LogP contribution is 2.13. The highest BCUT2D eigenvalue weighted by atomic mass is 32.2. The van der Waals surface area contributed by atoms with Crippen LogP contribution in [0, 0.1) is 11.3 Å². The minimum absolute atomic E-state index is 0.459. The maximum absolute atomic E-state index is 8.49. The molecule has 0 aromatic rings. The second-order valence-corrected chi connectivity index (χ2v) is 4.08. The van der Waals surface area contributed by atoms with Crippen LogP contribution in [0.25, 0.3) is 0 Å². The van der Waals surface area contributed by atoms with E-state index in [1.54, 1.807) is 0 Å². The van der Waals surface area contributed by atoms with Gasteiger partial charge in [0.15, 0.2) is 0 Å². The number of thioether (sulfide) groups is 1. The molecule has 1 heterocycles. The number of nitriles is 1. The van der Waals surface area contributed by atoms with Crippen LogP contribution in [0.4, 0.5) is 0 Å². The summed E-state index contributed by atoms with van der Waals surface area (Å²) in [6, 6.07) is 2.68. The van der Waals surface area contributed by atoms with Gasteiger partial charge in [-0.05, 0) is 6.92 Å². The Morgan fingerprint density at radius 2 is 2.18 bits per heavy atom. The van der Waals surface area contributed by atoms with Crippen molar-refractivity contribution in [2.24, 2.45) is 0 Å². The molecule has 0 spiro atoms. The lowest BCUT2D eigenvalue weighted by Crippen LogP contribution is -2.39. The van der Waals surface area contributed by atoms with E-state index in [-0.39, 0.29) is 0 Å². The summed E-state index contributed by atoms with van der Waals surface area (Å²) < 4.78 is 0.